The molecule has 0 aliphatic heterocycles. The molecule has 12 nitrogen and oxygen atoms in total. The minimum atomic E-state index is -4.38. The monoisotopic (exact) mass is 535 g/mol. The Bertz CT molecular complexity index is 1160. The molecular formula is C19H24Cl2N5O7P. The number of anilines is 1. The summed E-state index contributed by atoms with van der Waals surface area (Å²) in [6.07, 6.45) is -2.62. The van der Waals surface area contributed by atoms with E-state index in [4.69, 9.17) is 42.5 Å². The predicted octanol–water partition coefficient (Wildman–Crippen LogP) is 2.15. The van der Waals surface area contributed by atoms with E-state index in [0.717, 1.165) is 5.56 Å². The van der Waals surface area contributed by atoms with Crippen molar-refractivity contribution in [2.45, 2.75) is 31.9 Å². The van der Waals surface area contributed by atoms with Crippen LogP contribution in [0, 0.1) is 0 Å². The standard InChI is InChI=1S/C19H24Cl2N5O7P/c1-11(28)18(33-13(8-27)9-32-10-34(29,30)31)26-17-14(7-23-26)16(24-19(21)25-17)22-6-12-4-2-3-5-15(12)20/h2-5,7,11,13,18,27-28H,6,8-10H2,1H3,(H,22,24,25)(H2,29,30,31)/t11-,13+,18-/m1/s1. The van der Waals surface area contributed by atoms with Gasteiger partial charge in [-0.05, 0) is 30.2 Å². The minimum absolute atomic E-state index is 0.0797. The van der Waals surface area contributed by atoms with Gasteiger partial charge < -0.3 is 34.8 Å². The average molecular weight is 536 g/mol. The van der Waals surface area contributed by atoms with Crippen LogP contribution in [0.15, 0.2) is 30.5 Å². The number of aromatic nitrogens is 4. The first kappa shape index (κ1) is 26.7. The van der Waals surface area contributed by atoms with Gasteiger partial charge in [0.2, 0.25) is 5.28 Å². The second-order valence-electron chi connectivity index (χ2n) is 7.35. The summed E-state index contributed by atoms with van der Waals surface area (Å²) in [5.74, 6) is 0.384. The maximum absolute atomic E-state index is 11.0. The zero-order valence-electron chi connectivity index (χ0n) is 18.0. The lowest BCUT2D eigenvalue weighted by Crippen LogP contribution is -2.34. The molecule has 0 amide bonds. The molecule has 0 bridgehead atoms. The fourth-order valence-electron chi connectivity index (χ4n) is 3.05. The predicted molar refractivity (Wildman–Crippen MR) is 125 cm³/mol. The maximum atomic E-state index is 11.0. The molecule has 0 saturated heterocycles. The van der Waals surface area contributed by atoms with E-state index in [9.17, 15) is 14.8 Å². The van der Waals surface area contributed by atoms with E-state index in [1.54, 1.807) is 6.07 Å². The molecule has 0 aliphatic rings. The molecule has 0 spiro atoms. The maximum Gasteiger partial charge on any atom is 0.350 e. The Kier molecular flexibility index (Phi) is 9.21. The molecule has 0 radical (unpaired) electrons. The molecule has 3 atom stereocenters. The van der Waals surface area contributed by atoms with E-state index >= 15 is 0 Å². The Morgan fingerprint density at radius 2 is 1.97 bits per heavy atom. The van der Waals surface area contributed by atoms with Gasteiger partial charge in [-0.2, -0.15) is 15.1 Å². The number of benzene rings is 1. The molecule has 0 unspecified atom stereocenters. The van der Waals surface area contributed by atoms with E-state index in [2.05, 4.69) is 20.4 Å². The van der Waals surface area contributed by atoms with Gasteiger partial charge in [0.05, 0.1) is 30.9 Å². The SMILES string of the molecule is C[C@@H](O)[C@@H](O[C@@H](CO)COCP(=O)(O)O)n1ncc2c(NCc3ccccc3Cl)nc(Cl)nc21. The highest BCUT2D eigenvalue weighted by Gasteiger charge is 2.27. The number of nitrogens with one attached hydrogen (secondary N) is 1. The summed E-state index contributed by atoms with van der Waals surface area (Å²) < 4.78 is 22.9. The Labute approximate surface area is 204 Å². The molecule has 0 fully saturated rings. The van der Waals surface area contributed by atoms with Crippen molar-refractivity contribution in [2.24, 2.45) is 0 Å². The third-order valence-corrected chi connectivity index (χ3v) is 5.64. The third-order valence-electron chi connectivity index (χ3n) is 4.58. The summed E-state index contributed by atoms with van der Waals surface area (Å²) >= 11 is 12.3. The largest absolute Gasteiger partial charge is 0.394 e. The first-order chi connectivity index (χ1) is 16.1. The summed E-state index contributed by atoms with van der Waals surface area (Å²) in [6, 6.07) is 7.31. The molecule has 1 aromatic carbocycles. The highest BCUT2D eigenvalue weighted by molar-refractivity contribution is 7.51. The number of aliphatic hydroxyl groups excluding tert-OH is 2. The van der Waals surface area contributed by atoms with E-state index in [1.807, 2.05) is 18.2 Å². The Balaban J connectivity index is 1.84. The Hall–Kier alpha value is -1.86. The first-order valence-corrected chi connectivity index (χ1v) is 12.6. The van der Waals surface area contributed by atoms with Crippen LogP contribution >= 0.6 is 30.8 Å². The minimum Gasteiger partial charge on any atom is -0.394 e. The second kappa shape index (κ2) is 11.7. The van der Waals surface area contributed by atoms with E-state index in [0.29, 0.717) is 22.8 Å². The Morgan fingerprint density at radius 1 is 1.24 bits per heavy atom. The van der Waals surface area contributed by atoms with Crippen molar-refractivity contribution in [3.05, 3.63) is 46.3 Å². The van der Waals surface area contributed by atoms with Gasteiger partial charge in [0.1, 0.15) is 18.3 Å². The van der Waals surface area contributed by atoms with Crippen molar-refractivity contribution in [1.82, 2.24) is 19.7 Å². The number of hydrogen-bond donors (Lipinski definition) is 5. The molecule has 186 valence electrons. The van der Waals surface area contributed by atoms with E-state index < -0.39 is 39.0 Å². The topological polar surface area (TPSA) is 172 Å². The van der Waals surface area contributed by atoms with Gasteiger partial charge in [0, 0.05) is 11.6 Å². The summed E-state index contributed by atoms with van der Waals surface area (Å²) in [5, 5.41) is 28.3. The van der Waals surface area contributed by atoms with Gasteiger partial charge in [-0.1, -0.05) is 29.8 Å². The van der Waals surface area contributed by atoms with Gasteiger partial charge in [-0.3, -0.25) is 4.57 Å². The molecule has 34 heavy (non-hydrogen) atoms. The van der Waals surface area contributed by atoms with Crippen LogP contribution in [0.4, 0.5) is 5.82 Å². The molecule has 0 saturated carbocycles. The summed E-state index contributed by atoms with van der Waals surface area (Å²) in [5.41, 5.74) is 1.09. The molecule has 3 aromatic rings. The smallest absolute Gasteiger partial charge is 0.350 e. The van der Waals surface area contributed by atoms with Crippen molar-refractivity contribution in [1.29, 1.82) is 0 Å². The quantitative estimate of drug-likeness (QED) is 0.170. The van der Waals surface area contributed by atoms with Crippen molar-refractivity contribution in [2.75, 3.05) is 24.9 Å². The summed E-state index contributed by atoms with van der Waals surface area (Å²) in [4.78, 5) is 26.2. The van der Waals surface area contributed by atoms with Gasteiger partial charge >= 0.3 is 7.60 Å². The summed E-state index contributed by atoms with van der Waals surface area (Å²) in [7, 11) is -4.38. The second-order valence-corrected chi connectivity index (χ2v) is 9.68. The highest BCUT2D eigenvalue weighted by Crippen LogP contribution is 2.34. The molecule has 2 heterocycles. The van der Waals surface area contributed by atoms with Crippen LogP contribution in [0.3, 0.4) is 0 Å². The molecule has 5 N–H and O–H groups in total. The van der Waals surface area contributed by atoms with Crippen molar-refractivity contribution < 1.29 is 34.0 Å². The first-order valence-electron chi connectivity index (χ1n) is 10.0. The normalized spacial score (nSPS) is 14.8. The number of ether oxygens (including phenoxy) is 2. The molecule has 0 aliphatic carbocycles. The van der Waals surface area contributed by atoms with Crippen LogP contribution in [0.1, 0.15) is 18.7 Å². The summed E-state index contributed by atoms with van der Waals surface area (Å²) in [6.45, 7) is 0.934. The lowest BCUT2D eigenvalue weighted by Gasteiger charge is -2.26. The van der Waals surface area contributed by atoms with Crippen LogP contribution in [-0.4, -0.2) is 71.5 Å². The number of hydrogen-bond acceptors (Lipinski definition) is 9. The van der Waals surface area contributed by atoms with E-state index in [1.165, 1.54) is 17.8 Å². The van der Waals surface area contributed by atoms with Crippen LogP contribution in [0.25, 0.3) is 11.0 Å². The molecular weight excluding hydrogens is 512 g/mol. The number of nitrogens with zero attached hydrogens (tertiary/aromatic N) is 4. The fraction of sp³-hybridized carbons (Fsp3) is 0.421. The molecule has 2 aromatic heterocycles. The van der Waals surface area contributed by atoms with Gasteiger partial charge in [-0.15, -0.1) is 0 Å². The number of halogens is 2. The van der Waals surface area contributed by atoms with Gasteiger partial charge in [0.25, 0.3) is 0 Å². The van der Waals surface area contributed by atoms with Gasteiger partial charge in [0.15, 0.2) is 11.9 Å². The van der Waals surface area contributed by atoms with Crippen molar-refractivity contribution in [3.63, 3.8) is 0 Å². The van der Waals surface area contributed by atoms with Crippen LogP contribution in [0.5, 0.6) is 0 Å². The number of fused-ring (bicyclic) bond motifs is 1. The zero-order chi connectivity index (χ0) is 24.9. The van der Waals surface area contributed by atoms with E-state index in [-0.39, 0.29) is 17.5 Å². The fourth-order valence-corrected chi connectivity index (χ4v) is 3.76. The lowest BCUT2D eigenvalue weighted by molar-refractivity contribution is -0.144. The number of rotatable bonds is 12. The van der Waals surface area contributed by atoms with Crippen molar-refractivity contribution in [3.8, 4) is 0 Å². The third kappa shape index (κ3) is 7.08. The van der Waals surface area contributed by atoms with Crippen LogP contribution in [0.2, 0.25) is 10.3 Å². The zero-order valence-corrected chi connectivity index (χ0v) is 20.4. The van der Waals surface area contributed by atoms with Crippen LogP contribution < -0.4 is 5.32 Å². The van der Waals surface area contributed by atoms with Crippen LogP contribution in [-0.2, 0) is 20.6 Å². The van der Waals surface area contributed by atoms with Gasteiger partial charge in [-0.25, -0.2) is 4.68 Å². The average Bonchev–Trinajstić information content (AvgIpc) is 3.17. The lowest BCUT2D eigenvalue weighted by atomic mass is 10.2. The molecule has 15 heteroatoms. The van der Waals surface area contributed by atoms with Crippen molar-refractivity contribution >= 4 is 47.6 Å². The number of aliphatic hydroxyl groups is 2. The Morgan fingerprint density at radius 3 is 2.62 bits per heavy atom. The molecule has 3 rings (SSSR count). The highest BCUT2D eigenvalue weighted by atomic mass is 35.5.